The lowest BCUT2D eigenvalue weighted by Gasteiger charge is -2.33. The van der Waals surface area contributed by atoms with Crippen LogP contribution in [0, 0.1) is 5.82 Å². The number of nitrogens with zero attached hydrogens (tertiary/aromatic N) is 3. The molecule has 1 atom stereocenters. The van der Waals surface area contributed by atoms with Crippen molar-refractivity contribution >= 4 is 11.9 Å². The van der Waals surface area contributed by atoms with Crippen molar-refractivity contribution in [3.05, 3.63) is 47.9 Å². The summed E-state index contributed by atoms with van der Waals surface area (Å²) in [7, 11) is 1.34. The summed E-state index contributed by atoms with van der Waals surface area (Å²) >= 11 is 0. The number of ether oxygens (including phenoxy) is 1. The zero-order valence-corrected chi connectivity index (χ0v) is 12.7. The molecule has 1 aliphatic heterocycles. The third kappa shape index (κ3) is 3.56. The number of carbonyl (C=O) groups is 1. The molecule has 1 aromatic carbocycles. The van der Waals surface area contributed by atoms with Crippen LogP contribution in [0.5, 0.6) is 5.88 Å². The molecular weight excluding hydrogens is 299 g/mol. The van der Waals surface area contributed by atoms with Gasteiger partial charge in [0, 0.05) is 6.54 Å². The van der Waals surface area contributed by atoms with Gasteiger partial charge in [-0.3, -0.25) is 4.79 Å². The quantitative estimate of drug-likeness (QED) is 0.917. The van der Waals surface area contributed by atoms with Gasteiger partial charge in [0.05, 0.1) is 25.9 Å². The summed E-state index contributed by atoms with van der Waals surface area (Å²) in [5.41, 5.74) is 1.14. The summed E-state index contributed by atoms with van der Waals surface area (Å²) in [6, 6.07) is 9.86. The van der Waals surface area contributed by atoms with Crippen molar-refractivity contribution in [2.24, 2.45) is 0 Å². The fourth-order valence-corrected chi connectivity index (χ4v) is 2.63. The second-order valence-electron chi connectivity index (χ2n) is 5.36. The van der Waals surface area contributed by atoms with E-state index in [2.05, 4.69) is 15.3 Å². The summed E-state index contributed by atoms with van der Waals surface area (Å²) in [4.78, 5) is 21.7. The van der Waals surface area contributed by atoms with E-state index in [0.717, 1.165) is 11.8 Å². The molecule has 120 valence electrons. The molecule has 0 spiro atoms. The molecule has 0 saturated carbocycles. The van der Waals surface area contributed by atoms with Crippen molar-refractivity contribution in [2.75, 3.05) is 25.1 Å². The number of amides is 1. The summed E-state index contributed by atoms with van der Waals surface area (Å²) in [6.07, 6.45) is 1.77. The van der Waals surface area contributed by atoms with E-state index in [0.29, 0.717) is 13.0 Å². The Labute approximate surface area is 133 Å². The second-order valence-corrected chi connectivity index (χ2v) is 5.36. The highest BCUT2D eigenvalue weighted by Gasteiger charge is 2.27. The van der Waals surface area contributed by atoms with Crippen LogP contribution in [0.3, 0.4) is 0 Å². The van der Waals surface area contributed by atoms with E-state index in [1.54, 1.807) is 4.90 Å². The Kier molecular flexibility index (Phi) is 4.36. The molecule has 1 aliphatic rings. The van der Waals surface area contributed by atoms with Gasteiger partial charge in [-0.05, 0) is 12.0 Å². The lowest BCUT2D eigenvalue weighted by Crippen LogP contribution is -2.55. The summed E-state index contributed by atoms with van der Waals surface area (Å²) in [5.74, 6) is -0.570. The molecule has 1 N–H and O–H groups in total. The molecule has 0 unspecified atom stereocenters. The fraction of sp³-hybridized carbons (Fsp3) is 0.312. The molecule has 1 amide bonds. The smallest absolute Gasteiger partial charge is 0.255 e. The zero-order valence-electron chi connectivity index (χ0n) is 12.7. The van der Waals surface area contributed by atoms with Crippen molar-refractivity contribution < 1.29 is 13.9 Å². The molecule has 1 saturated heterocycles. The number of carbonyl (C=O) groups excluding carboxylic acids is 1. The van der Waals surface area contributed by atoms with E-state index in [1.807, 2.05) is 30.3 Å². The summed E-state index contributed by atoms with van der Waals surface area (Å²) in [6.45, 7) is 0.690. The van der Waals surface area contributed by atoms with Crippen LogP contribution in [0.4, 0.5) is 10.3 Å². The largest absolute Gasteiger partial charge is 0.479 e. The molecule has 2 heterocycles. The Balaban J connectivity index is 1.76. The first-order valence-corrected chi connectivity index (χ1v) is 7.30. The maximum atomic E-state index is 13.4. The van der Waals surface area contributed by atoms with E-state index in [4.69, 9.17) is 4.74 Å². The van der Waals surface area contributed by atoms with Crippen molar-refractivity contribution in [1.82, 2.24) is 15.3 Å². The fourth-order valence-electron chi connectivity index (χ4n) is 2.63. The van der Waals surface area contributed by atoms with Gasteiger partial charge in [0.2, 0.25) is 17.7 Å². The van der Waals surface area contributed by atoms with E-state index in [9.17, 15) is 9.18 Å². The molecule has 2 aromatic rings. The van der Waals surface area contributed by atoms with E-state index >= 15 is 0 Å². The van der Waals surface area contributed by atoms with Crippen LogP contribution in [0.15, 0.2) is 36.5 Å². The number of benzene rings is 1. The van der Waals surface area contributed by atoms with E-state index < -0.39 is 5.82 Å². The highest BCUT2D eigenvalue weighted by Crippen LogP contribution is 2.18. The number of anilines is 1. The molecule has 1 fully saturated rings. The maximum absolute atomic E-state index is 13.4. The Morgan fingerprint density at radius 1 is 1.39 bits per heavy atom. The van der Waals surface area contributed by atoms with Gasteiger partial charge in [0.25, 0.3) is 5.88 Å². The first-order chi connectivity index (χ1) is 11.2. The first kappa shape index (κ1) is 15.2. The number of hydrogen-bond acceptors (Lipinski definition) is 5. The van der Waals surface area contributed by atoms with Crippen LogP contribution < -0.4 is 15.0 Å². The number of hydrogen-bond donors (Lipinski definition) is 1. The van der Waals surface area contributed by atoms with E-state index in [1.165, 1.54) is 7.11 Å². The first-order valence-electron chi connectivity index (χ1n) is 7.30. The SMILES string of the molecule is COc1nc(N2CC(=O)N[C@@H](Cc3ccccc3)C2)ncc1F. The third-order valence-electron chi connectivity index (χ3n) is 3.64. The van der Waals surface area contributed by atoms with Crippen LogP contribution in [0.1, 0.15) is 5.56 Å². The van der Waals surface area contributed by atoms with Crippen LogP contribution in [0.25, 0.3) is 0 Å². The minimum absolute atomic E-state index is 0.0571. The Morgan fingerprint density at radius 3 is 2.91 bits per heavy atom. The van der Waals surface area contributed by atoms with Gasteiger partial charge >= 0.3 is 0 Å². The third-order valence-corrected chi connectivity index (χ3v) is 3.64. The predicted molar refractivity (Wildman–Crippen MR) is 82.8 cm³/mol. The lowest BCUT2D eigenvalue weighted by atomic mass is 10.0. The normalized spacial score (nSPS) is 17.7. The van der Waals surface area contributed by atoms with Crippen LogP contribution in [-0.4, -0.2) is 42.1 Å². The van der Waals surface area contributed by atoms with Crippen LogP contribution in [0.2, 0.25) is 0 Å². The molecule has 0 bridgehead atoms. The number of halogens is 1. The van der Waals surface area contributed by atoms with Crippen molar-refractivity contribution in [1.29, 1.82) is 0 Å². The van der Waals surface area contributed by atoms with Crippen molar-refractivity contribution in [3.63, 3.8) is 0 Å². The second kappa shape index (κ2) is 6.60. The number of piperazine rings is 1. The average molecular weight is 316 g/mol. The number of methoxy groups -OCH3 is 1. The van der Waals surface area contributed by atoms with Crippen LogP contribution in [-0.2, 0) is 11.2 Å². The van der Waals surface area contributed by atoms with E-state index in [-0.39, 0.29) is 30.3 Å². The average Bonchev–Trinajstić information content (AvgIpc) is 2.55. The van der Waals surface area contributed by atoms with Crippen molar-refractivity contribution in [3.8, 4) is 5.88 Å². The van der Waals surface area contributed by atoms with Gasteiger partial charge in [-0.25, -0.2) is 4.98 Å². The van der Waals surface area contributed by atoms with Gasteiger partial charge in [-0.15, -0.1) is 0 Å². The Bertz CT molecular complexity index is 696. The van der Waals surface area contributed by atoms with Crippen LogP contribution >= 0.6 is 0 Å². The predicted octanol–water partition coefficient (Wildman–Crippen LogP) is 1.17. The molecule has 3 rings (SSSR count). The van der Waals surface area contributed by atoms with Gasteiger partial charge in [0.1, 0.15) is 0 Å². The molecule has 0 radical (unpaired) electrons. The maximum Gasteiger partial charge on any atom is 0.255 e. The number of nitrogens with one attached hydrogen (secondary N) is 1. The Hall–Kier alpha value is -2.70. The lowest BCUT2D eigenvalue weighted by molar-refractivity contribution is -0.121. The van der Waals surface area contributed by atoms with Gasteiger partial charge < -0.3 is 15.0 Å². The molecule has 7 heteroatoms. The monoisotopic (exact) mass is 316 g/mol. The van der Waals surface area contributed by atoms with Crippen molar-refractivity contribution in [2.45, 2.75) is 12.5 Å². The molecule has 23 heavy (non-hydrogen) atoms. The van der Waals surface area contributed by atoms with Gasteiger partial charge in [0.15, 0.2) is 0 Å². The number of aromatic nitrogens is 2. The minimum atomic E-state index is -0.626. The standard InChI is InChI=1S/C16H17FN4O2/c1-23-15-13(17)8-18-16(20-15)21-9-12(19-14(22)10-21)7-11-5-3-2-4-6-11/h2-6,8,12H,7,9-10H2,1H3,(H,19,22)/t12-/m0/s1. The number of rotatable bonds is 4. The molecule has 0 aliphatic carbocycles. The Morgan fingerprint density at radius 2 is 2.17 bits per heavy atom. The minimum Gasteiger partial charge on any atom is -0.479 e. The summed E-state index contributed by atoms with van der Waals surface area (Å²) < 4.78 is 18.3. The van der Waals surface area contributed by atoms with Gasteiger partial charge in [-0.2, -0.15) is 9.37 Å². The molecule has 1 aromatic heterocycles. The highest BCUT2D eigenvalue weighted by molar-refractivity contribution is 5.82. The summed E-state index contributed by atoms with van der Waals surface area (Å²) in [5, 5.41) is 2.96. The zero-order chi connectivity index (χ0) is 16.2. The van der Waals surface area contributed by atoms with Gasteiger partial charge in [-0.1, -0.05) is 30.3 Å². The highest BCUT2D eigenvalue weighted by atomic mass is 19.1. The molecular formula is C16H17FN4O2. The molecule has 6 nitrogen and oxygen atoms in total. The topological polar surface area (TPSA) is 67.3 Å².